The minimum atomic E-state index is -0.396. The molecule has 0 aliphatic heterocycles. The van der Waals surface area contributed by atoms with Gasteiger partial charge in [-0.2, -0.15) is 4.68 Å². The van der Waals surface area contributed by atoms with Crippen LogP contribution in [0, 0.1) is 0 Å². The number of amides is 1. The lowest BCUT2D eigenvalue weighted by Gasteiger charge is -2.14. The molecule has 3 aromatic rings. The van der Waals surface area contributed by atoms with Crippen LogP contribution in [0.25, 0.3) is 5.69 Å². The highest BCUT2D eigenvalue weighted by Crippen LogP contribution is 2.19. The van der Waals surface area contributed by atoms with E-state index in [1.165, 1.54) is 0 Å². The van der Waals surface area contributed by atoms with Crippen LogP contribution in [0.4, 0.5) is 0 Å². The fourth-order valence-corrected chi connectivity index (χ4v) is 2.70. The molecule has 8 heteroatoms. The van der Waals surface area contributed by atoms with Gasteiger partial charge >= 0.3 is 0 Å². The zero-order chi connectivity index (χ0) is 17.1. The van der Waals surface area contributed by atoms with E-state index in [2.05, 4.69) is 36.8 Å². The molecule has 0 saturated heterocycles. The molecule has 2 aromatic carbocycles. The van der Waals surface area contributed by atoms with Gasteiger partial charge in [-0.1, -0.05) is 39.7 Å². The highest BCUT2D eigenvalue weighted by atomic mass is 79.9. The van der Waals surface area contributed by atoms with E-state index in [0.29, 0.717) is 16.4 Å². The Balaban J connectivity index is 1.83. The summed E-state index contributed by atoms with van der Waals surface area (Å²) in [5.74, 6) is 0.246. The second-order valence-corrected chi connectivity index (χ2v) is 6.42. The van der Waals surface area contributed by atoms with Crippen LogP contribution in [-0.4, -0.2) is 26.1 Å². The zero-order valence-corrected chi connectivity index (χ0v) is 15.0. The summed E-state index contributed by atoms with van der Waals surface area (Å²) >= 11 is 9.45. The minimum absolute atomic E-state index is 0.279. The van der Waals surface area contributed by atoms with E-state index in [-0.39, 0.29) is 5.91 Å². The lowest BCUT2D eigenvalue weighted by Crippen LogP contribution is -2.29. The van der Waals surface area contributed by atoms with Gasteiger partial charge in [0.1, 0.15) is 0 Å². The maximum atomic E-state index is 12.4. The molecule has 0 bridgehead atoms. The van der Waals surface area contributed by atoms with Crippen molar-refractivity contribution in [3.8, 4) is 5.69 Å². The molecule has 0 saturated carbocycles. The van der Waals surface area contributed by atoms with Gasteiger partial charge in [0.05, 0.1) is 22.3 Å². The van der Waals surface area contributed by atoms with E-state index >= 15 is 0 Å². The molecule has 0 spiro atoms. The normalized spacial score (nSPS) is 12.0. The third-order valence-corrected chi connectivity index (χ3v) is 4.28. The Morgan fingerprint density at radius 2 is 1.92 bits per heavy atom. The molecule has 0 radical (unpaired) electrons. The first kappa shape index (κ1) is 16.6. The number of nitrogens with one attached hydrogen (secondary N) is 1. The second kappa shape index (κ2) is 7.11. The lowest BCUT2D eigenvalue weighted by molar-refractivity contribution is 0.0938. The van der Waals surface area contributed by atoms with E-state index in [0.717, 1.165) is 10.2 Å². The maximum Gasteiger partial charge on any atom is 0.253 e. The van der Waals surface area contributed by atoms with E-state index in [9.17, 15) is 4.79 Å². The van der Waals surface area contributed by atoms with Crippen LogP contribution >= 0.6 is 27.5 Å². The predicted molar refractivity (Wildman–Crippen MR) is 94.2 cm³/mol. The Hall–Kier alpha value is -2.25. The Bertz CT molecular complexity index is 865. The van der Waals surface area contributed by atoms with Crippen molar-refractivity contribution < 1.29 is 4.79 Å². The number of hydrogen-bond donors (Lipinski definition) is 1. The monoisotopic (exact) mass is 405 g/mol. The Morgan fingerprint density at radius 3 is 2.62 bits per heavy atom. The van der Waals surface area contributed by atoms with Crippen molar-refractivity contribution in [3.05, 3.63) is 69.4 Å². The molecule has 1 heterocycles. The topological polar surface area (TPSA) is 72.7 Å². The summed E-state index contributed by atoms with van der Waals surface area (Å²) in [7, 11) is 0. The van der Waals surface area contributed by atoms with E-state index < -0.39 is 6.04 Å². The highest BCUT2D eigenvalue weighted by molar-refractivity contribution is 9.10. The molecule has 0 aliphatic rings. The van der Waals surface area contributed by atoms with Crippen LogP contribution in [0.5, 0.6) is 0 Å². The molecule has 1 unspecified atom stereocenters. The van der Waals surface area contributed by atoms with Gasteiger partial charge in [0.2, 0.25) is 0 Å². The third-order valence-electron chi connectivity index (χ3n) is 3.42. The van der Waals surface area contributed by atoms with Crippen molar-refractivity contribution in [1.82, 2.24) is 25.5 Å². The fourth-order valence-electron chi connectivity index (χ4n) is 2.21. The van der Waals surface area contributed by atoms with Gasteiger partial charge in [-0.05, 0) is 53.7 Å². The largest absolute Gasteiger partial charge is 0.342 e. The molecule has 3 rings (SSSR count). The number of carbonyl (C=O) groups is 1. The van der Waals surface area contributed by atoms with Gasteiger partial charge < -0.3 is 5.32 Å². The molecule has 1 amide bonds. The zero-order valence-electron chi connectivity index (χ0n) is 12.6. The lowest BCUT2D eigenvalue weighted by atomic mass is 10.2. The Labute approximate surface area is 152 Å². The van der Waals surface area contributed by atoms with Crippen LogP contribution in [0.2, 0.25) is 5.02 Å². The summed E-state index contributed by atoms with van der Waals surface area (Å²) in [5, 5.41) is 15.0. The molecule has 1 atom stereocenters. The smallest absolute Gasteiger partial charge is 0.253 e. The molecule has 1 N–H and O–H groups in total. The summed E-state index contributed by atoms with van der Waals surface area (Å²) in [6.45, 7) is 1.82. The van der Waals surface area contributed by atoms with Crippen LogP contribution < -0.4 is 5.32 Å². The van der Waals surface area contributed by atoms with Crippen LogP contribution in [-0.2, 0) is 0 Å². The quantitative estimate of drug-likeness (QED) is 0.719. The van der Waals surface area contributed by atoms with Crippen LogP contribution in [0.3, 0.4) is 0 Å². The first-order chi connectivity index (χ1) is 11.6. The van der Waals surface area contributed by atoms with Crippen LogP contribution in [0.1, 0.15) is 29.1 Å². The van der Waals surface area contributed by atoms with Gasteiger partial charge in [0.15, 0.2) is 5.82 Å². The summed E-state index contributed by atoms with van der Waals surface area (Å²) in [6, 6.07) is 14.0. The predicted octanol–water partition coefficient (Wildman–Crippen LogP) is 3.57. The van der Waals surface area contributed by atoms with Gasteiger partial charge in [-0.25, -0.2) is 0 Å². The number of tetrazole rings is 1. The standard InChI is InChI=1S/C16H13BrClN5O/c1-10(19-16(24)13-4-2-3-5-14(13)18)15-20-21-22-23(15)12-8-6-11(17)7-9-12/h2-10H,1H3,(H,19,24). The molecule has 0 aliphatic carbocycles. The van der Waals surface area contributed by atoms with Gasteiger partial charge in [-0.15, -0.1) is 5.10 Å². The first-order valence-electron chi connectivity index (χ1n) is 7.16. The summed E-state index contributed by atoms with van der Waals surface area (Å²) in [5.41, 5.74) is 1.21. The van der Waals surface area contributed by atoms with Gasteiger partial charge in [0, 0.05) is 4.47 Å². The van der Waals surface area contributed by atoms with Gasteiger partial charge in [0.25, 0.3) is 5.91 Å². The highest BCUT2D eigenvalue weighted by Gasteiger charge is 2.19. The maximum absolute atomic E-state index is 12.4. The average molecular weight is 407 g/mol. The fraction of sp³-hybridized carbons (Fsp3) is 0.125. The van der Waals surface area contributed by atoms with E-state index in [1.54, 1.807) is 28.9 Å². The number of carbonyl (C=O) groups excluding carboxylic acids is 1. The number of rotatable bonds is 4. The Morgan fingerprint density at radius 1 is 1.21 bits per heavy atom. The van der Waals surface area contributed by atoms with E-state index in [4.69, 9.17) is 11.6 Å². The number of halogens is 2. The van der Waals surface area contributed by atoms with Crippen LogP contribution in [0.15, 0.2) is 53.0 Å². The molecular formula is C16H13BrClN5O. The number of nitrogens with zero attached hydrogens (tertiary/aromatic N) is 4. The van der Waals surface area contributed by atoms with Crippen molar-refractivity contribution in [3.63, 3.8) is 0 Å². The van der Waals surface area contributed by atoms with Crippen molar-refractivity contribution >= 4 is 33.4 Å². The summed E-state index contributed by atoms with van der Waals surface area (Å²) in [6.07, 6.45) is 0. The molecule has 0 fully saturated rings. The number of aromatic nitrogens is 4. The van der Waals surface area contributed by atoms with Crippen molar-refractivity contribution in [1.29, 1.82) is 0 Å². The van der Waals surface area contributed by atoms with Crippen molar-refractivity contribution in [2.45, 2.75) is 13.0 Å². The SMILES string of the molecule is CC(NC(=O)c1ccccc1Cl)c1nnnn1-c1ccc(Br)cc1. The summed E-state index contributed by atoms with van der Waals surface area (Å²) in [4.78, 5) is 12.4. The van der Waals surface area contributed by atoms with Crippen molar-refractivity contribution in [2.75, 3.05) is 0 Å². The summed E-state index contributed by atoms with van der Waals surface area (Å²) < 4.78 is 2.55. The minimum Gasteiger partial charge on any atom is -0.342 e. The van der Waals surface area contributed by atoms with Gasteiger partial charge in [-0.3, -0.25) is 4.79 Å². The molecule has 1 aromatic heterocycles. The number of benzene rings is 2. The molecule has 122 valence electrons. The average Bonchev–Trinajstić information content (AvgIpc) is 3.05. The molecule has 6 nitrogen and oxygen atoms in total. The Kier molecular flexibility index (Phi) is 4.92. The second-order valence-electron chi connectivity index (χ2n) is 5.10. The molecule has 24 heavy (non-hydrogen) atoms. The number of hydrogen-bond acceptors (Lipinski definition) is 4. The van der Waals surface area contributed by atoms with Crippen molar-refractivity contribution in [2.24, 2.45) is 0 Å². The molecular weight excluding hydrogens is 394 g/mol. The first-order valence-corrected chi connectivity index (χ1v) is 8.33. The van der Waals surface area contributed by atoms with E-state index in [1.807, 2.05) is 31.2 Å². The third kappa shape index (κ3) is 3.47.